The average Bonchev–Trinajstić information content (AvgIpc) is 2.89. The van der Waals surface area contributed by atoms with Gasteiger partial charge in [-0.15, -0.1) is 0 Å². The van der Waals surface area contributed by atoms with Crippen LogP contribution < -0.4 is 15.5 Å². The van der Waals surface area contributed by atoms with Crippen molar-refractivity contribution in [1.29, 1.82) is 0 Å². The van der Waals surface area contributed by atoms with Crippen molar-refractivity contribution in [2.24, 2.45) is 0 Å². The Hall–Kier alpha value is -3.51. The predicted octanol–water partition coefficient (Wildman–Crippen LogP) is 5.75. The zero-order chi connectivity index (χ0) is 24.8. The second kappa shape index (κ2) is 11.3. The van der Waals surface area contributed by atoms with E-state index in [0.29, 0.717) is 30.2 Å². The molecular weight excluding hydrogens is 460 g/mol. The number of halogens is 1. The van der Waals surface area contributed by atoms with Crippen LogP contribution in [0, 0.1) is 0 Å². The molecule has 7 heteroatoms. The number of hydrogen-bond donors (Lipinski definition) is 2. The van der Waals surface area contributed by atoms with Gasteiger partial charge in [0.05, 0.1) is 0 Å². The molecule has 0 saturated carbocycles. The Morgan fingerprint density at radius 1 is 1.03 bits per heavy atom. The van der Waals surface area contributed by atoms with E-state index in [1.165, 1.54) is 0 Å². The monoisotopic (exact) mass is 490 g/mol. The first kappa shape index (κ1) is 24.6. The molecule has 3 aromatic rings. The molecule has 1 aliphatic heterocycles. The summed E-state index contributed by atoms with van der Waals surface area (Å²) in [6.07, 6.45) is 1.89. The predicted molar refractivity (Wildman–Crippen MR) is 142 cm³/mol. The van der Waals surface area contributed by atoms with Crippen LogP contribution in [0.4, 0.5) is 16.2 Å². The number of anilines is 2. The van der Waals surface area contributed by atoms with E-state index >= 15 is 0 Å². The molecule has 0 spiro atoms. The Labute approximate surface area is 211 Å². The van der Waals surface area contributed by atoms with Crippen LogP contribution in [0.15, 0.2) is 72.8 Å². The molecule has 1 saturated heterocycles. The van der Waals surface area contributed by atoms with E-state index in [2.05, 4.69) is 10.6 Å². The minimum Gasteiger partial charge on any atom is -0.378 e. The number of carbonyl (C=O) groups excluding carboxylic acids is 2. The van der Waals surface area contributed by atoms with Crippen LogP contribution >= 0.6 is 11.6 Å². The van der Waals surface area contributed by atoms with Crippen LogP contribution in [0.3, 0.4) is 0 Å². The summed E-state index contributed by atoms with van der Waals surface area (Å²) in [6, 6.07) is 22.9. The van der Waals surface area contributed by atoms with Gasteiger partial charge in [-0.1, -0.05) is 35.9 Å². The normalized spacial score (nSPS) is 15.4. The average molecular weight is 491 g/mol. The summed E-state index contributed by atoms with van der Waals surface area (Å²) in [4.78, 5) is 29.5. The van der Waals surface area contributed by atoms with Crippen molar-refractivity contribution >= 4 is 34.9 Å². The fourth-order valence-corrected chi connectivity index (χ4v) is 4.43. The molecule has 1 fully saturated rings. The first-order chi connectivity index (χ1) is 16.9. The largest absolute Gasteiger partial charge is 0.378 e. The minimum atomic E-state index is -0.119. The Morgan fingerprint density at radius 2 is 1.77 bits per heavy atom. The molecule has 1 aliphatic rings. The van der Waals surface area contributed by atoms with Crippen LogP contribution in [0.1, 0.15) is 40.2 Å². The zero-order valence-electron chi connectivity index (χ0n) is 20.1. The molecule has 0 aliphatic carbocycles. The van der Waals surface area contributed by atoms with E-state index in [-0.39, 0.29) is 17.9 Å². The summed E-state index contributed by atoms with van der Waals surface area (Å²) in [5.41, 5.74) is 4.61. The topological polar surface area (TPSA) is 64.7 Å². The number of urea groups is 1. The van der Waals surface area contributed by atoms with Crippen molar-refractivity contribution in [2.75, 3.05) is 37.4 Å². The third kappa shape index (κ3) is 6.55. The van der Waals surface area contributed by atoms with Gasteiger partial charge in [0.1, 0.15) is 0 Å². The van der Waals surface area contributed by atoms with Crippen molar-refractivity contribution in [2.45, 2.75) is 25.3 Å². The summed E-state index contributed by atoms with van der Waals surface area (Å²) in [5.74, 6) is 0.0859. The lowest BCUT2D eigenvalue weighted by Crippen LogP contribution is -2.41. The summed E-state index contributed by atoms with van der Waals surface area (Å²) in [7, 11) is 4.00. The lowest BCUT2D eigenvalue weighted by atomic mass is 9.89. The van der Waals surface area contributed by atoms with Crippen molar-refractivity contribution in [3.63, 3.8) is 0 Å². The number of likely N-dealkylation sites (tertiary alicyclic amines) is 1. The third-order valence-electron chi connectivity index (χ3n) is 6.33. The minimum absolute atomic E-state index is 0.100. The second-order valence-electron chi connectivity index (χ2n) is 9.09. The van der Waals surface area contributed by atoms with Crippen molar-refractivity contribution in [1.82, 2.24) is 10.2 Å². The highest BCUT2D eigenvalue weighted by atomic mass is 35.5. The smallest absolute Gasteiger partial charge is 0.321 e. The fraction of sp³-hybridized carbons (Fsp3) is 0.286. The number of rotatable bonds is 6. The molecule has 2 N–H and O–H groups in total. The molecule has 0 aromatic heterocycles. The van der Waals surface area contributed by atoms with Crippen LogP contribution in [0.2, 0.25) is 5.02 Å². The number of hydrogen-bond acceptors (Lipinski definition) is 3. The molecule has 3 aromatic carbocycles. The second-order valence-corrected chi connectivity index (χ2v) is 9.53. The van der Waals surface area contributed by atoms with Crippen molar-refractivity contribution in [3.8, 4) is 0 Å². The number of carbonyl (C=O) groups is 2. The van der Waals surface area contributed by atoms with Gasteiger partial charge in [-0.3, -0.25) is 4.79 Å². The van der Waals surface area contributed by atoms with Crippen molar-refractivity contribution in [3.05, 3.63) is 94.5 Å². The van der Waals surface area contributed by atoms with Gasteiger partial charge in [0.2, 0.25) is 0 Å². The third-order valence-corrected chi connectivity index (χ3v) is 6.58. The lowest BCUT2D eigenvalue weighted by Gasteiger charge is -2.33. The van der Waals surface area contributed by atoms with Gasteiger partial charge in [0.25, 0.3) is 5.91 Å². The molecular formula is C28H31ClN4O2. The molecule has 182 valence electrons. The van der Waals surface area contributed by atoms with E-state index < -0.39 is 0 Å². The molecule has 1 heterocycles. The summed E-state index contributed by atoms with van der Waals surface area (Å²) in [6.45, 7) is 1.80. The van der Waals surface area contributed by atoms with Crippen LogP contribution in [0.25, 0.3) is 0 Å². The Bertz CT molecular complexity index is 1160. The van der Waals surface area contributed by atoms with Crippen LogP contribution in [-0.2, 0) is 6.54 Å². The van der Waals surface area contributed by atoms with Gasteiger partial charge >= 0.3 is 6.03 Å². The molecule has 3 amide bonds. The van der Waals surface area contributed by atoms with Gasteiger partial charge in [0.15, 0.2) is 0 Å². The number of nitrogens with zero attached hydrogens (tertiary/aromatic N) is 2. The number of amides is 3. The zero-order valence-corrected chi connectivity index (χ0v) is 20.9. The van der Waals surface area contributed by atoms with E-state index in [4.69, 9.17) is 11.6 Å². The molecule has 0 unspecified atom stereocenters. The molecule has 0 radical (unpaired) electrons. The number of nitrogens with one attached hydrogen (secondary N) is 2. The highest BCUT2D eigenvalue weighted by Crippen LogP contribution is 2.28. The highest BCUT2D eigenvalue weighted by molar-refractivity contribution is 6.30. The molecule has 35 heavy (non-hydrogen) atoms. The summed E-state index contributed by atoms with van der Waals surface area (Å²) >= 11 is 5.93. The van der Waals surface area contributed by atoms with E-state index in [9.17, 15) is 9.59 Å². The maximum absolute atomic E-state index is 12.8. The molecule has 1 atom stereocenters. The maximum Gasteiger partial charge on any atom is 0.321 e. The quantitative estimate of drug-likeness (QED) is 0.462. The number of benzene rings is 3. The summed E-state index contributed by atoms with van der Waals surface area (Å²) < 4.78 is 0. The van der Waals surface area contributed by atoms with E-state index in [0.717, 1.165) is 35.3 Å². The van der Waals surface area contributed by atoms with Gasteiger partial charge in [0, 0.05) is 61.6 Å². The fourth-order valence-electron chi connectivity index (χ4n) is 4.30. The Kier molecular flexibility index (Phi) is 7.93. The first-order valence-electron chi connectivity index (χ1n) is 11.8. The van der Waals surface area contributed by atoms with Crippen molar-refractivity contribution < 1.29 is 9.59 Å². The first-order valence-corrected chi connectivity index (χ1v) is 12.2. The molecule has 6 nitrogen and oxygen atoms in total. The standard InChI is InChI=1S/C28H31ClN4O2/c1-32(2)26-14-8-20(9-15-26)18-30-27(34)22-6-3-5-21(17-22)23-7-4-16-33(19-23)28(35)31-25-12-10-24(29)11-13-25/h3,5-6,8-15,17,23H,4,7,16,18-19H2,1-2H3,(H,30,34)(H,31,35)/t23-/m1/s1. The molecule has 0 bridgehead atoms. The SMILES string of the molecule is CN(C)c1ccc(CNC(=O)c2cccc([C@@H]3CCCN(C(=O)Nc4ccc(Cl)cc4)C3)c2)cc1. The Morgan fingerprint density at radius 3 is 2.49 bits per heavy atom. The van der Waals surface area contributed by atoms with Gasteiger partial charge < -0.3 is 20.4 Å². The lowest BCUT2D eigenvalue weighted by molar-refractivity contribution is 0.0950. The van der Waals surface area contributed by atoms with Gasteiger partial charge in [-0.25, -0.2) is 4.79 Å². The summed E-state index contributed by atoms with van der Waals surface area (Å²) in [5, 5.41) is 6.59. The van der Waals surface area contributed by atoms with Crippen LogP contribution in [-0.4, -0.2) is 44.0 Å². The maximum atomic E-state index is 12.8. The van der Waals surface area contributed by atoms with E-state index in [1.54, 1.807) is 24.3 Å². The van der Waals surface area contributed by atoms with Crippen LogP contribution in [0.5, 0.6) is 0 Å². The number of piperidine rings is 1. The van der Waals surface area contributed by atoms with Gasteiger partial charge in [-0.2, -0.15) is 0 Å². The molecule has 4 rings (SSSR count). The van der Waals surface area contributed by atoms with Gasteiger partial charge in [-0.05, 0) is 72.5 Å². The highest BCUT2D eigenvalue weighted by Gasteiger charge is 2.25. The van der Waals surface area contributed by atoms with E-state index in [1.807, 2.05) is 72.4 Å². The Balaban J connectivity index is 1.36.